The molecule has 0 saturated heterocycles. The number of halogens is 2. The van der Waals surface area contributed by atoms with Crippen LogP contribution in [0.4, 0.5) is 8.63 Å². The van der Waals surface area contributed by atoms with Crippen LogP contribution < -0.4 is 5.32 Å². The minimum Gasteiger partial charge on any atom is -0.480 e. The maximum atomic E-state index is 16.7. The summed E-state index contributed by atoms with van der Waals surface area (Å²) in [5.41, 5.74) is 3.45. The quantitative estimate of drug-likeness (QED) is 0.194. The molecule has 14 heteroatoms. The first-order valence-electron chi connectivity index (χ1n) is 13.6. The molecule has 3 heterocycles. The summed E-state index contributed by atoms with van der Waals surface area (Å²) in [4.78, 5) is 23.9. The van der Waals surface area contributed by atoms with Crippen LogP contribution in [0.25, 0.3) is 17.3 Å². The number of rotatable bonds is 12. The number of hydrogen-bond acceptors (Lipinski definition) is 4. The van der Waals surface area contributed by atoms with Crippen molar-refractivity contribution in [3.63, 3.8) is 0 Å². The topological polar surface area (TPSA) is 129 Å². The summed E-state index contributed by atoms with van der Waals surface area (Å²) in [6.07, 6.45) is 4.28. The number of hydrogen-bond donors (Lipinski definition) is 3. The van der Waals surface area contributed by atoms with Gasteiger partial charge in [0, 0.05) is 48.4 Å². The van der Waals surface area contributed by atoms with Crippen molar-refractivity contribution < 1.29 is 45.3 Å². The van der Waals surface area contributed by atoms with Gasteiger partial charge in [0.1, 0.15) is 17.5 Å². The van der Waals surface area contributed by atoms with Crippen molar-refractivity contribution in [2.75, 3.05) is 33.4 Å². The molecule has 4 rings (SSSR count). The molecule has 1 amide bonds. The van der Waals surface area contributed by atoms with E-state index < -0.39 is 40.8 Å². The minimum absolute atomic E-state index is 0.149. The molecule has 3 N–H and O–H groups in total. The number of carboxylic acid groups (broad SMARTS) is 1. The molecule has 0 radical (unpaired) electrons. The third-order valence-electron chi connectivity index (χ3n) is 7.37. The maximum Gasteiger partial charge on any atom is 0.737 e. The van der Waals surface area contributed by atoms with Crippen LogP contribution in [0.3, 0.4) is 0 Å². The summed E-state index contributed by atoms with van der Waals surface area (Å²) >= 11 is 0. The summed E-state index contributed by atoms with van der Waals surface area (Å²) in [6.45, 7) is -1.79. The molecule has 2 aliphatic rings. The van der Waals surface area contributed by atoms with Gasteiger partial charge in [-0.3, -0.25) is 9.35 Å². The van der Waals surface area contributed by atoms with Crippen molar-refractivity contribution in [3.05, 3.63) is 65.0 Å². The smallest absolute Gasteiger partial charge is 0.480 e. The van der Waals surface area contributed by atoms with Crippen LogP contribution in [-0.4, -0.2) is 95.6 Å². The van der Waals surface area contributed by atoms with Crippen LogP contribution in [0.5, 0.6) is 0 Å². The van der Waals surface area contributed by atoms with E-state index in [1.165, 1.54) is 0 Å². The lowest BCUT2D eigenvalue weighted by molar-refractivity contribution is -0.870. The van der Waals surface area contributed by atoms with Gasteiger partial charge in [0.05, 0.1) is 27.7 Å². The highest BCUT2D eigenvalue weighted by molar-refractivity contribution is 7.85. The molecule has 226 valence electrons. The van der Waals surface area contributed by atoms with E-state index in [0.717, 1.165) is 32.0 Å². The second-order valence-electron chi connectivity index (χ2n) is 11.8. The number of aromatic nitrogens is 1. The number of carbonyl (C=O) groups is 2. The number of carbonyl (C=O) groups excluding carboxylic acids is 1. The van der Waals surface area contributed by atoms with E-state index in [9.17, 15) is 23.1 Å². The number of nitrogens with zero attached hydrogens (tertiary/aromatic N) is 3. The highest BCUT2D eigenvalue weighted by atomic mass is 32.2. The molecule has 1 unspecified atom stereocenters. The molecule has 2 aliphatic heterocycles. The summed E-state index contributed by atoms with van der Waals surface area (Å²) < 4.78 is 67.4. The van der Waals surface area contributed by atoms with E-state index in [0.29, 0.717) is 34.6 Å². The zero-order chi connectivity index (χ0) is 31.0. The van der Waals surface area contributed by atoms with Gasteiger partial charge in [-0.05, 0) is 30.5 Å². The van der Waals surface area contributed by atoms with E-state index in [4.69, 9.17) is 4.55 Å². The molecule has 2 aromatic rings. The first kappa shape index (κ1) is 31.3. The van der Waals surface area contributed by atoms with Crippen molar-refractivity contribution in [2.45, 2.75) is 38.6 Å². The molecule has 1 atom stereocenters. The zero-order valence-corrected chi connectivity index (χ0v) is 24.9. The Balaban J connectivity index is 1.69. The Kier molecular flexibility index (Phi) is 8.63. The predicted octanol–water partition coefficient (Wildman–Crippen LogP) is 3.02. The third kappa shape index (κ3) is 6.88. The number of amides is 1. The highest BCUT2D eigenvalue weighted by Crippen LogP contribution is 2.40. The molecule has 0 aliphatic carbocycles. The number of allylic oxidation sites excluding steroid dienone is 2. The van der Waals surface area contributed by atoms with Gasteiger partial charge in [-0.1, -0.05) is 30.3 Å². The van der Waals surface area contributed by atoms with Crippen molar-refractivity contribution in [1.82, 2.24) is 9.79 Å². The van der Waals surface area contributed by atoms with Crippen LogP contribution in [0.1, 0.15) is 37.4 Å². The van der Waals surface area contributed by atoms with E-state index >= 15 is 8.63 Å². The highest BCUT2D eigenvalue weighted by Gasteiger charge is 2.54. The first-order valence-corrected chi connectivity index (χ1v) is 15.2. The lowest BCUT2D eigenvalue weighted by Gasteiger charge is -2.31. The number of nitrogens with one attached hydrogen (secondary N) is 1. The van der Waals surface area contributed by atoms with E-state index in [1.54, 1.807) is 43.3 Å². The van der Waals surface area contributed by atoms with Gasteiger partial charge < -0.3 is 32.5 Å². The Hall–Kier alpha value is -3.62. The van der Waals surface area contributed by atoms with Crippen LogP contribution in [0, 0.1) is 0 Å². The molecule has 1 aromatic heterocycles. The zero-order valence-electron chi connectivity index (χ0n) is 24.0. The lowest BCUT2D eigenvalue weighted by atomic mass is 9.88. The first-order chi connectivity index (χ1) is 19.5. The van der Waals surface area contributed by atoms with Gasteiger partial charge >= 0.3 is 12.9 Å². The number of fused-ring (bicyclic) bond motifs is 2. The van der Waals surface area contributed by atoms with Crippen molar-refractivity contribution in [3.8, 4) is 11.3 Å². The molecule has 0 fully saturated rings. The summed E-state index contributed by atoms with van der Waals surface area (Å²) in [5.74, 6) is -3.70. The Morgan fingerprint density at radius 1 is 1.12 bits per heavy atom. The van der Waals surface area contributed by atoms with E-state index in [-0.39, 0.29) is 18.6 Å². The van der Waals surface area contributed by atoms with Gasteiger partial charge in [-0.2, -0.15) is 8.42 Å². The monoisotopic (exact) mass is 605 g/mol. The molecule has 1 aromatic carbocycles. The number of carboxylic acids is 1. The Morgan fingerprint density at radius 3 is 2.38 bits per heavy atom. The minimum atomic E-state index is -4.68. The van der Waals surface area contributed by atoms with Gasteiger partial charge in [0.25, 0.3) is 10.1 Å². The SMILES string of the molecule is CC1=CC(CCC(=O)NC(CS(=O)(=O)O)C(=O)O)=[N+]2C1=Cc1c(CCC[N+](C)(C)C)cc(-c3ccccc3)n1[B-]2(F)F. The molecule has 42 heavy (non-hydrogen) atoms. The fourth-order valence-electron chi connectivity index (χ4n) is 5.48. The summed E-state index contributed by atoms with van der Waals surface area (Å²) in [7, 11) is 1.58. The molecule has 0 spiro atoms. The van der Waals surface area contributed by atoms with E-state index in [1.807, 2.05) is 17.4 Å². The number of aryl methyl sites for hydroxylation is 1. The second-order valence-corrected chi connectivity index (χ2v) is 13.3. The van der Waals surface area contributed by atoms with Gasteiger partial charge in [0.2, 0.25) is 5.91 Å². The number of benzene rings is 1. The van der Waals surface area contributed by atoms with Crippen LogP contribution in [-0.2, 0) is 26.1 Å². The largest absolute Gasteiger partial charge is 0.737 e. The number of aliphatic carboxylic acids is 1. The maximum absolute atomic E-state index is 16.7. The second kappa shape index (κ2) is 11.6. The van der Waals surface area contributed by atoms with Crippen molar-refractivity contribution >= 4 is 40.8 Å². The summed E-state index contributed by atoms with van der Waals surface area (Å²) in [6, 6.07) is 8.96. The molecule has 10 nitrogen and oxygen atoms in total. The fourth-order valence-corrected chi connectivity index (χ4v) is 6.13. The van der Waals surface area contributed by atoms with Crippen LogP contribution >= 0.6 is 0 Å². The molecule has 0 bridgehead atoms. The van der Waals surface area contributed by atoms with Gasteiger partial charge in [0.15, 0.2) is 5.70 Å². The Labute approximate surface area is 244 Å². The van der Waals surface area contributed by atoms with Crippen molar-refractivity contribution in [2.24, 2.45) is 0 Å². The van der Waals surface area contributed by atoms with Crippen LogP contribution in [0.15, 0.2) is 53.7 Å². The average molecular weight is 605 g/mol. The predicted molar refractivity (Wildman–Crippen MR) is 157 cm³/mol. The molecular formula is C28H36BF2N4O6S+. The number of quaternary nitrogens is 1. The van der Waals surface area contributed by atoms with Crippen LogP contribution in [0.2, 0.25) is 0 Å². The third-order valence-corrected chi connectivity index (χ3v) is 8.13. The fraction of sp³-hybridized carbons (Fsp3) is 0.393. The summed E-state index contributed by atoms with van der Waals surface area (Å²) in [5, 5.41) is 11.3. The standard InChI is InChI=1S/C28H35BF2N4O6S/c1-19-15-22(12-13-27(36)32-23(28(37)38)18-42(39,40)41)33-24(19)17-26-21(11-8-14-35(2,3)4)16-25(34(26)29(33,30)31)20-9-6-5-7-10-20/h5-7,9-10,15-17,23H,8,11-14,18H2,1-4H3,(H2-,32,36,37,38,39,40,41)/p+1. The Bertz CT molecular complexity index is 1610. The lowest BCUT2D eigenvalue weighted by Crippen LogP contribution is -2.51. The Morgan fingerprint density at radius 2 is 1.79 bits per heavy atom. The average Bonchev–Trinajstić information content (AvgIpc) is 3.40. The van der Waals surface area contributed by atoms with Gasteiger partial charge in [-0.25, -0.2) is 4.79 Å². The molecular weight excluding hydrogens is 569 g/mol. The van der Waals surface area contributed by atoms with Crippen molar-refractivity contribution in [1.29, 1.82) is 0 Å². The molecule has 0 saturated carbocycles. The van der Waals surface area contributed by atoms with E-state index in [2.05, 4.69) is 21.1 Å². The van der Waals surface area contributed by atoms with Gasteiger partial charge in [-0.15, -0.1) is 0 Å². The normalized spacial score (nSPS) is 16.8.